The van der Waals surface area contributed by atoms with Gasteiger partial charge in [0.05, 0.1) is 11.1 Å². The van der Waals surface area contributed by atoms with Gasteiger partial charge in [0, 0.05) is 75.5 Å². The number of hydrogen-bond donors (Lipinski definition) is 5. The number of nitrogens with zero attached hydrogens (tertiary/aromatic N) is 9. The number of carbonyl (C=O) groups is 4. The summed E-state index contributed by atoms with van der Waals surface area (Å²) in [5, 5.41) is 9.04. The smallest absolute Gasteiger partial charge is 0.326 e. The SMILES string of the molecule is CC1(C)C[C@@H]2CCCNc3cccc(n3)S(=O)(=O)NC(=O)c3ccc(Cl)nc3N1C2.CC1(C)C[C@@H]2CCCNc3cccc(n3)S(=O)(=O)NC(=O)c3ccc(N4CCN(C5CCCCC5)C4=O)nc3N1C2.O=C1NCCN1C1CCCCC1. The fraction of sp³-hybridized carbons (Fsp3) is 0.586. The number of rotatable bonds is 3. The van der Waals surface area contributed by atoms with E-state index in [-0.39, 0.29) is 55.5 Å². The highest BCUT2D eigenvalue weighted by atomic mass is 35.5. The first-order valence-corrected chi connectivity index (χ1v) is 32.9. The summed E-state index contributed by atoms with van der Waals surface area (Å²) >= 11 is 6.14. The van der Waals surface area contributed by atoms with Crippen LogP contribution in [0.3, 0.4) is 0 Å². The Kier molecular flexibility index (Phi) is 17.9. The third kappa shape index (κ3) is 13.7. The van der Waals surface area contributed by atoms with Gasteiger partial charge in [0.1, 0.15) is 34.2 Å². The van der Waals surface area contributed by atoms with E-state index in [1.807, 2.05) is 9.80 Å². The van der Waals surface area contributed by atoms with E-state index in [9.17, 15) is 36.0 Å². The van der Waals surface area contributed by atoms with Gasteiger partial charge in [-0.1, -0.05) is 62.3 Å². The van der Waals surface area contributed by atoms with Gasteiger partial charge < -0.3 is 35.6 Å². The molecule has 0 spiro atoms. The summed E-state index contributed by atoms with van der Waals surface area (Å²) in [6, 6.07) is 16.5. The van der Waals surface area contributed by atoms with Crippen molar-refractivity contribution >= 4 is 84.6 Å². The number of amides is 6. The summed E-state index contributed by atoms with van der Waals surface area (Å²) in [6.07, 6.45) is 17.6. The van der Waals surface area contributed by atoms with Crippen LogP contribution in [-0.2, 0) is 20.0 Å². The quantitative estimate of drug-likeness (QED) is 0.121. The zero-order valence-electron chi connectivity index (χ0n) is 48.0. The van der Waals surface area contributed by atoms with E-state index in [1.54, 1.807) is 41.3 Å². The number of nitrogens with one attached hydrogen (secondary N) is 5. The molecule has 0 aromatic carbocycles. The summed E-state index contributed by atoms with van der Waals surface area (Å²) < 4.78 is 56.3. The van der Waals surface area contributed by atoms with E-state index in [0.29, 0.717) is 79.7 Å². The lowest BCUT2D eigenvalue weighted by molar-refractivity contribution is 0.0972. The molecule has 2 aliphatic carbocycles. The van der Waals surface area contributed by atoms with Crippen molar-refractivity contribution in [3.63, 3.8) is 0 Å². The fourth-order valence-corrected chi connectivity index (χ4v) is 15.4. The standard InChI is InChI=1S/C29H39N7O4S.C20H24ClN5O3S.C9H16N2O/c1-29(2)18-20-8-7-15-30-23-11-6-12-25(31-23)41(39,40)33-27(37)22-13-14-24(32-26(22)36(29)19-20)35-17-16-34(28(35)38)21-9-4-3-5-10-21;1-20(2)11-13-5-4-10-22-16-6-3-7-17(24-16)30(28,29)25-19(27)14-8-9-15(21)23-18(14)26(20)12-13;12-9-10-6-7-11(9)8-4-2-1-3-5-8/h6,11-14,20-21H,3-5,7-10,15-19H2,1-2H3,(H,30,31)(H,33,37);3,6-9,13H,4-5,10-12H2,1-2H3,(H,22,24)(H,25,27);8H,1-7H2,(H,10,12)/t20-;13-;/m00./s1. The van der Waals surface area contributed by atoms with Gasteiger partial charge in [-0.05, 0) is 152 Å². The summed E-state index contributed by atoms with van der Waals surface area (Å²) in [4.78, 5) is 79.0. The highest BCUT2D eigenvalue weighted by Gasteiger charge is 2.44. The second-order valence-electron chi connectivity index (χ2n) is 24.4. The minimum Gasteiger partial charge on any atom is -0.370 e. The number of fused-ring (bicyclic) bond motifs is 12. The highest BCUT2D eigenvalue weighted by molar-refractivity contribution is 7.90. The molecule has 2 saturated carbocycles. The Morgan fingerprint density at radius 2 is 1.01 bits per heavy atom. The molecular formula is C58H79ClN14O8S2. The number of urea groups is 2. The van der Waals surface area contributed by atoms with Crippen LogP contribution in [0.4, 0.5) is 38.7 Å². The summed E-state index contributed by atoms with van der Waals surface area (Å²) in [5.41, 5.74) is -0.233. The van der Waals surface area contributed by atoms with Crippen molar-refractivity contribution in [2.45, 2.75) is 164 Å². The van der Waals surface area contributed by atoms with E-state index in [0.717, 1.165) is 83.8 Å². The monoisotopic (exact) mass is 1200 g/mol. The molecule has 2 atom stereocenters. The number of aromatic nitrogens is 4. The molecule has 83 heavy (non-hydrogen) atoms. The van der Waals surface area contributed by atoms with Crippen molar-refractivity contribution in [1.29, 1.82) is 0 Å². The molecule has 6 fully saturated rings. The molecule has 4 aromatic heterocycles. The van der Waals surface area contributed by atoms with Crippen LogP contribution in [0.2, 0.25) is 5.15 Å². The normalized spacial score (nSPS) is 24.2. The zero-order valence-corrected chi connectivity index (χ0v) is 50.4. The maximum Gasteiger partial charge on any atom is 0.326 e. The maximum absolute atomic E-state index is 13.6. The second kappa shape index (κ2) is 25.0. The third-order valence-corrected chi connectivity index (χ3v) is 20.2. The molecule has 4 saturated heterocycles. The van der Waals surface area contributed by atoms with Gasteiger partial charge in [-0.15, -0.1) is 0 Å². The first-order valence-electron chi connectivity index (χ1n) is 29.6. The molecule has 8 aliphatic rings. The van der Waals surface area contributed by atoms with Crippen LogP contribution in [0.1, 0.15) is 151 Å². The van der Waals surface area contributed by atoms with E-state index in [1.165, 1.54) is 62.8 Å². The minimum absolute atomic E-state index is 0.0504. The van der Waals surface area contributed by atoms with Crippen molar-refractivity contribution in [1.82, 2.24) is 44.5 Å². The Labute approximate surface area is 492 Å². The van der Waals surface area contributed by atoms with Crippen molar-refractivity contribution < 1.29 is 36.0 Å². The van der Waals surface area contributed by atoms with Crippen molar-refractivity contribution in [3.8, 4) is 0 Å². The lowest BCUT2D eigenvalue weighted by atomic mass is 9.93. The maximum atomic E-state index is 13.6. The van der Waals surface area contributed by atoms with Crippen LogP contribution in [-0.4, -0.2) is 146 Å². The Balaban J connectivity index is 0.000000159. The Morgan fingerprint density at radius 1 is 0.518 bits per heavy atom. The molecule has 8 bridgehead atoms. The number of hydrogen-bond acceptors (Lipinski definition) is 16. The lowest BCUT2D eigenvalue weighted by Gasteiger charge is -2.34. The van der Waals surface area contributed by atoms with Gasteiger partial charge in [-0.3, -0.25) is 14.5 Å². The first kappa shape index (κ1) is 59.6. The van der Waals surface area contributed by atoms with Gasteiger partial charge in [0.25, 0.3) is 31.9 Å². The predicted molar refractivity (Wildman–Crippen MR) is 319 cm³/mol. The van der Waals surface area contributed by atoms with Crippen LogP contribution < -0.4 is 40.1 Å². The Hall–Kier alpha value is -6.53. The van der Waals surface area contributed by atoms with Gasteiger partial charge in [-0.2, -0.15) is 16.8 Å². The van der Waals surface area contributed by atoms with Gasteiger partial charge in [-0.25, -0.2) is 39.0 Å². The Bertz CT molecular complexity index is 3290. The van der Waals surface area contributed by atoms with Crippen LogP contribution in [0.5, 0.6) is 0 Å². The summed E-state index contributed by atoms with van der Waals surface area (Å²) in [5.74, 6) is 1.46. The van der Waals surface area contributed by atoms with Crippen LogP contribution in [0.25, 0.3) is 0 Å². The van der Waals surface area contributed by atoms with Crippen molar-refractivity contribution in [2.75, 3.05) is 77.7 Å². The van der Waals surface area contributed by atoms with Crippen LogP contribution in [0, 0.1) is 11.8 Å². The lowest BCUT2D eigenvalue weighted by Crippen LogP contribution is -2.42. The van der Waals surface area contributed by atoms with Crippen LogP contribution in [0.15, 0.2) is 70.7 Å². The van der Waals surface area contributed by atoms with Crippen LogP contribution >= 0.6 is 11.6 Å². The molecule has 25 heteroatoms. The predicted octanol–water partition coefficient (Wildman–Crippen LogP) is 8.38. The number of carbonyl (C=O) groups excluding carboxylic acids is 4. The van der Waals surface area contributed by atoms with Crippen molar-refractivity contribution in [2.24, 2.45) is 11.8 Å². The molecule has 6 aliphatic heterocycles. The molecule has 12 rings (SSSR count). The largest absolute Gasteiger partial charge is 0.370 e. The average Bonchev–Trinajstić information content (AvgIpc) is 4.21. The van der Waals surface area contributed by atoms with E-state index in [4.69, 9.17) is 16.6 Å². The minimum atomic E-state index is -4.24. The second-order valence-corrected chi connectivity index (χ2v) is 28.0. The Morgan fingerprint density at radius 3 is 1.52 bits per heavy atom. The molecular weight excluding hydrogens is 1120 g/mol. The molecule has 0 radical (unpaired) electrons. The number of pyridine rings is 4. The number of anilines is 5. The average molecular weight is 1200 g/mol. The number of halogens is 1. The molecule has 6 amide bonds. The summed E-state index contributed by atoms with van der Waals surface area (Å²) in [6.45, 7) is 14.1. The summed E-state index contributed by atoms with van der Waals surface area (Å²) in [7, 11) is -8.39. The number of sulfonamides is 2. The van der Waals surface area contributed by atoms with E-state index < -0.39 is 31.9 Å². The fourth-order valence-electron chi connectivity index (χ4n) is 13.4. The highest BCUT2D eigenvalue weighted by Crippen LogP contribution is 2.42. The van der Waals surface area contributed by atoms with E-state index in [2.05, 4.69) is 77.8 Å². The molecule has 5 N–H and O–H groups in total. The first-order chi connectivity index (χ1) is 39.7. The third-order valence-electron chi connectivity index (χ3n) is 17.5. The van der Waals surface area contributed by atoms with Gasteiger partial charge in [0.2, 0.25) is 0 Å². The van der Waals surface area contributed by atoms with Gasteiger partial charge in [0.15, 0.2) is 10.1 Å². The molecule has 448 valence electrons. The molecule has 10 heterocycles. The van der Waals surface area contributed by atoms with Gasteiger partial charge >= 0.3 is 12.1 Å². The molecule has 4 aromatic rings. The van der Waals surface area contributed by atoms with Crippen molar-refractivity contribution in [3.05, 3.63) is 76.9 Å². The zero-order chi connectivity index (χ0) is 58.7. The molecule has 22 nitrogen and oxygen atoms in total. The topological polar surface area (TPSA) is 264 Å². The molecule has 0 unspecified atom stereocenters. The van der Waals surface area contributed by atoms with E-state index >= 15 is 0 Å².